The Morgan fingerprint density at radius 2 is 2.05 bits per heavy atom. The number of sulfone groups is 1. The Kier molecular flexibility index (Phi) is 4.33. The van der Waals surface area contributed by atoms with Crippen molar-refractivity contribution < 1.29 is 8.42 Å². The number of nitrogens with one attached hydrogen (secondary N) is 1. The largest absolute Gasteiger partial charge is 0.307 e. The van der Waals surface area contributed by atoms with E-state index < -0.39 is 9.84 Å². The molecular weight excluding hydrogens is 288 g/mol. The number of likely N-dealkylation sites (tertiary alicyclic amines) is 1. The summed E-state index contributed by atoms with van der Waals surface area (Å²) in [5.41, 5.74) is 1.10. The number of piperidine rings is 1. The zero-order valence-electron chi connectivity index (χ0n) is 12.5. The first kappa shape index (κ1) is 15.0. The maximum Gasteiger partial charge on any atom is 0.153 e. The quantitative estimate of drug-likeness (QED) is 0.858. The highest BCUT2D eigenvalue weighted by molar-refractivity contribution is 7.91. The van der Waals surface area contributed by atoms with Crippen LogP contribution in [-0.2, 0) is 23.4 Å². The van der Waals surface area contributed by atoms with Crippen molar-refractivity contribution in [1.82, 2.24) is 20.0 Å². The molecule has 1 aromatic heterocycles. The average Bonchev–Trinajstić information content (AvgIpc) is 3.00. The number of rotatable bonds is 4. The Bertz CT molecular complexity index is 578. The van der Waals surface area contributed by atoms with Crippen LogP contribution in [0.4, 0.5) is 0 Å². The summed E-state index contributed by atoms with van der Waals surface area (Å²) < 4.78 is 25.8. The maximum atomic E-state index is 12.0. The molecule has 3 rings (SSSR count). The second kappa shape index (κ2) is 6.06. The molecule has 1 aromatic rings. The smallest absolute Gasteiger partial charge is 0.153 e. The van der Waals surface area contributed by atoms with Gasteiger partial charge in [-0.2, -0.15) is 5.10 Å². The van der Waals surface area contributed by atoms with Gasteiger partial charge in [0.05, 0.1) is 17.7 Å². The molecule has 0 spiro atoms. The summed E-state index contributed by atoms with van der Waals surface area (Å²) in [6.07, 6.45) is 7.43. The van der Waals surface area contributed by atoms with Crippen molar-refractivity contribution >= 4 is 9.84 Å². The van der Waals surface area contributed by atoms with Gasteiger partial charge in [-0.25, -0.2) is 8.42 Å². The normalized spacial score (nSPS) is 29.8. The maximum absolute atomic E-state index is 12.0. The second-order valence-corrected chi connectivity index (χ2v) is 8.40. The van der Waals surface area contributed by atoms with Crippen LogP contribution in [0.3, 0.4) is 0 Å². The zero-order chi connectivity index (χ0) is 14.9. The van der Waals surface area contributed by atoms with E-state index in [4.69, 9.17) is 0 Å². The third-order valence-electron chi connectivity index (χ3n) is 4.51. The van der Waals surface area contributed by atoms with Crippen LogP contribution in [0.2, 0.25) is 0 Å². The predicted molar refractivity (Wildman–Crippen MR) is 81.7 cm³/mol. The molecule has 6 nitrogen and oxygen atoms in total. The lowest BCUT2D eigenvalue weighted by molar-refractivity contribution is 0.155. The van der Waals surface area contributed by atoms with Gasteiger partial charge in [0.1, 0.15) is 0 Å². The van der Waals surface area contributed by atoms with Gasteiger partial charge in [0.15, 0.2) is 9.84 Å². The van der Waals surface area contributed by atoms with Gasteiger partial charge in [-0.05, 0) is 25.9 Å². The first-order valence-corrected chi connectivity index (χ1v) is 9.51. The third-order valence-corrected chi connectivity index (χ3v) is 6.23. The Morgan fingerprint density at radius 1 is 1.29 bits per heavy atom. The molecule has 0 amide bonds. The van der Waals surface area contributed by atoms with Crippen molar-refractivity contribution in [3.05, 3.63) is 18.0 Å². The van der Waals surface area contributed by atoms with Gasteiger partial charge in [-0.1, -0.05) is 6.42 Å². The summed E-state index contributed by atoms with van der Waals surface area (Å²) in [5.74, 6) is 0.562. The van der Waals surface area contributed by atoms with Crippen LogP contribution in [0, 0.1) is 0 Å². The van der Waals surface area contributed by atoms with Gasteiger partial charge < -0.3 is 5.32 Å². The summed E-state index contributed by atoms with van der Waals surface area (Å²) in [7, 11) is -1.03. The van der Waals surface area contributed by atoms with Gasteiger partial charge in [0.2, 0.25) is 0 Å². The number of hydrogen-bond acceptors (Lipinski definition) is 5. The molecule has 21 heavy (non-hydrogen) atoms. The van der Waals surface area contributed by atoms with E-state index in [-0.39, 0.29) is 17.8 Å². The molecule has 0 aromatic carbocycles. The molecular formula is C14H24N4O2S. The molecule has 2 atom stereocenters. The third kappa shape index (κ3) is 3.64. The summed E-state index contributed by atoms with van der Waals surface area (Å²) >= 11 is 0. The zero-order valence-corrected chi connectivity index (χ0v) is 13.3. The number of nitrogens with zero attached hydrogens (tertiary/aromatic N) is 3. The van der Waals surface area contributed by atoms with Crippen molar-refractivity contribution in [3.63, 3.8) is 0 Å². The topological polar surface area (TPSA) is 67.2 Å². The van der Waals surface area contributed by atoms with E-state index in [9.17, 15) is 8.42 Å². The Morgan fingerprint density at radius 3 is 2.71 bits per heavy atom. The molecule has 118 valence electrons. The number of aryl methyl sites for hydroxylation is 1. The molecule has 0 saturated carbocycles. The van der Waals surface area contributed by atoms with E-state index in [0.717, 1.165) is 18.7 Å². The van der Waals surface area contributed by atoms with E-state index in [1.54, 1.807) is 4.68 Å². The molecule has 1 N–H and O–H groups in total. The molecule has 7 heteroatoms. The fourth-order valence-corrected chi connectivity index (χ4v) is 5.43. The van der Waals surface area contributed by atoms with Crippen molar-refractivity contribution in [3.8, 4) is 0 Å². The fraction of sp³-hybridized carbons (Fsp3) is 0.786. The van der Waals surface area contributed by atoms with Crippen LogP contribution in [0.25, 0.3) is 0 Å². The van der Waals surface area contributed by atoms with Gasteiger partial charge >= 0.3 is 0 Å². The molecule has 0 bridgehead atoms. The van der Waals surface area contributed by atoms with Crippen molar-refractivity contribution in [2.45, 2.75) is 37.9 Å². The highest BCUT2D eigenvalue weighted by atomic mass is 32.2. The van der Waals surface area contributed by atoms with Gasteiger partial charge in [-0.15, -0.1) is 0 Å². The minimum absolute atomic E-state index is 0.0355. The predicted octanol–water partition coefficient (Wildman–Crippen LogP) is 0.161. The van der Waals surface area contributed by atoms with Crippen LogP contribution in [0.5, 0.6) is 0 Å². The van der Waals surface area contributed by atoms with Gasteiger partial charge in [-0.3, -0.25) is 9.58 Å². The van der Waals surface area contributed by atoms with Crippen LogP contribution >= 0.6 is 0 Å². The first-order valence-electron chi connectivity index (χ1n) is 7.69. The summed E-state index contributed by atoms with van der Waals surface area (Å²) in [6, 6.07) is 0.167. The Hall–Kier alpha value is -0.920. The summed E-state index contributed by atoms with van der Waals surface area (Å²) in [4.78, 5) is 2.37. The highest BCUT2D eigenvalue weighted by Gasteiger charge is 2.40. The van der Waals surface area contributed by atoms with Crippen LogP contribution < -0.4 is 5.32 Å². The fourth-order valence-electron chi connectivity index (χ4n) is 3.45. The highest BCUT2D eigenvalue weighted by Crippen LogP contribution is 2.22. The lowest BCUT2D eigenvalue weighted by Crippen LogP contribution is -2.50. The van der Waals surface area contributed by atoms with E-state index in [0.29, 0.717) is 12.3 Å². The van der Waals surface area contributed by atoms with Crippen molar-refractivity contribution in [2.24, 2.45) is 7.05 Å². The monoisotopic (exact) mass is 312 g/mol. The molecule has 0 radical (unpaired) electrons. The Labute approximate surface area is 126 Å². The van der Waals surface area contributed by atoms with E-state index in [2.05, 4.69) is 15.3 Å². The second-order valence-electron chi connectivity index (χ2n) is 6.25. The lowest BCUT2D eigenvalue weighted by Gasteiger charge is -2.35. The van der Waals surface area contributed by atoms with E-state index in [1.807, 2.05) is 19.4 Å². The molecule has 0 unspecified atom stereocenters. The minimum Gasteiger partial charge on any atom is -0.307 e. The molecule has 2 saturated heterocycles. The van der Waals surface area contributed by atoms with Crippen LogP contribution in [0.15, 0.2) is 12.4 Å². The first-order chi connectivity index (χ1) is 10.0. The Balaban J connectivity index is 1.65. The van der Waals surface area contributed by atoms with Crippen LogP contribution in [0.1, 0.15) is 24.8 Å². The van der Waals surface area contributed by atoms with Crippen molar-refractivity contribution in [2.75, 3.05) is 24.6 Å². The summed E-state index contributed by atoms with van der Waals surface area (Å²) in [6.45, 7) is 2.74. The SMILES string of the molecule is Cn1cc(CN[C@@H]2CS(=O)(=O)C[C@@H]2N2CCCCC2)cn1. The van der Waals surface area contributed by atoms with Gasteiger partial charge in [0, 0.05) is 37.4 Å². The lowest BCUT2D eigenvalue weighted by atomic mass is 10.0. The molecule has 2 fully saturated rings. The summed E-state index contributed by atoms with van der Waals surface area (Å²) in [5, 5.41) is 7.59. The standard InChI is InChI=1S/C14H24N4O2S/c1-17-9-12(8-16-17)7-15-13-10-21(19,20)11-14(13)18-5-3-2-4-6-18/h8-9,13-15H,2-7,10-11H2,1H3/t13-,14+/m1/s1. The number of aromatic nitrogens is 2. The number of hydrogen-bond donors (Lipinski definition) is 1. The minimum atomic E-state index is -2.92. The van der Waals surface area contributed by atoms with Crippen LogP contribution in [-0.4, -0.2) is 59.8 Å². The van der Waals surface area contributed by atoms with E-state index >= 15 is 0 Å². The van der Waals surface area contributed by atoms with Crippen molar-refractivity contribution in [1.29, 1.82) is 0 Å². The van der Waals surface area contributed by atoms with Gasteiger partial charge in [0.25, 0.3) is 0 Å². The molecule has 2 aliphatic heterocycles. The van der Waals surface area contributed by atoms with E-state index in [1.165, 1.54) is 19.3 Å². The molecule has 0 aliphatic carbocycles. The average molecular weight is 312 g/mol. The molecule has 2 aliphatic rings. The molecule has 3 heterocycles.